The number of carbonyl (C=O) groups is 2. The summed E-state index contributed by atoms with van der Waals surface area (Å²) in [6, 6.07) is 5.75. The van der Waals surface area contributed by atoms with Gasteiger partial charge in [-0.1, -0.05) is 6.08 Å². The first-order valence-corrected chi connectivity index (χ1v) is 11.3. The Morgan fingerprint density at radius 2 is 1.97 bits per heavy atom. The molecule has 1 aromatic heterocycles. The Hall–Kier alpha value is -3.95. The fourth-order valence-electron chi connectivity index (χ4n) is 4.01. The van der Waals surface area contributed by atoms with Crippen molar-refractivity contribution >= 4 is 23.6 Å². The normalized spacial score (nSPS) is 13.4. The van der Waals surface area contributed by atoms with Crippen molar-refractivity contribution in [2.75, 3.05) is 12.4 Å². The van der Waals surface area contributed by atoms with Crippen molar-refractivity contribution in [3.8, 4) is 11.1 Å². The highest BCUT2D eigenvalue weighted by Crippen LogP contribution is 2.39. The summed E-state index contributed by atoms with van der Waals surface area (Å²) in [7, 11) is 1.21. The predicted molar refractivity (Wildman–Crippen MR) is 131 cm³/mol. The van der Waals surface area contributed by atoms with Crippen molar-refractivity contribution in [3.05, 3.63) is 64.0 Å². The van der Waals surface area contributed by atoms with Gasteiger partial charge in [0.25, 0.3) is 5.69 Å². The van der Waals surface area contributed by atoms with E-state index >= 15 is 0 Å². The van der Waals surface area contributed by atoms with Crippen LogP contribution < -0.4 is 10.6 Å². The lowest BCUT2D eigenvalue weighted by atomic mass is 9.95. The lowest BCUT2D eigenvalue weighted by molar-refractivity contribution is -0.384. The summed E-state index contributed by atoms with van der Waals surface area (Å²) >= 11 is 0. The molecule has 0 unspecified atom stereocenters. The van der Waals surface area contributed by atoms with E-state index < -0.39 is 28.8 Å². The van der Waals surface area contributed by atoms with E-state index in [1.165, 1.54) is 13.2 Å². The minimum atomic E-state index is -0.723. The minimum absolute atomic E-state index is 0.162. The smallest absolute Gasteiger partial charge is 0.411 e. The molecule has 1 atom stereocenters. The standard InChI is InChI=1S/C25H30N4O6/c1-6-8-20(28-24(31)35-25(2,3)4)21-14-18(16-9-7-10-19(16)27-21)17-12-11-15(26-23(30)34-5)13-22(17)29(32)33/h6,11-14,20H,1,7-10H2,2-5H3,(H,26,30)(H,28,31)/t20-/m0/s1. The molecule has 0 spiro atoms. The van der Waals surface area contributed by atoms with Crippen LogP contribution in [0.4, 0.5) is 21.0 Å². The Morgan fingerprint density at radius 1 is 1.23 bits per heavy atom. The predicted octanol–water partition coefficient (Wildman–Crippen LogP) is 5.47. The molecule has 35 heavy (non-hydrogen) atoms. The highest BCUT2D eigenvalue weighted by atomic mass is 16.6. The number of nitrogens with zero attached hydrogens (tertiary/aromatic N) is 2. The van der Waals surface area contributed by atoms with E-state index in [9.17, 15) is 19.7 Å². The van der Waals surface area contributed by atoms with Crippen LogP contribution in [0.15, 0.2) is 36.9 Å². The Balaban J connectivity index is 2.07. The first-order valence-electron chi connectivity index (χ1n) is 11.3. The van der Waals surface area contributed by atoms with Gasteiger partial charge in [-0.3, -0.25) is 20.4 Å². The highest BCUT2D eigenvalue weighted by Gasteiger charge is 2.27. The fourth-order valence-corrected chi connectivity index (χ4v) is 4.01. The third kappa shape index (κ3) is 6.34. The summed E-state index contributed by atoms with van der Waals surface area (Å²) in [6.45, 7) is 9.11. The molecule has 0 fully saturated rings. The molecule has 10 heteroatoms. The van der Waals surface area contributed by atoms with Crippen molar-refractivity contribution < 1.29 is 24.0 Å². The number of rotatable bonds is 7. The zero-order valence-corrected chi connectivity index (χ0v) is 20.3. The van der Waals surface area contributed by atoms with Crippen LogP contribution in [0.25, 0.3) is 11.1 Å². The highest BCUT2D eigenvalue weighted by molar-refractivity contribution is 5.87. The number of aromatic nitrogens is 1. The number of nitrogens with one attached hydrogen (secondary N) is 2. The third-order valence-corrected chi connectivity index (χ3v) is 5.44. The van der Waals surface area contributed by atoms with Crippen LogP contribution in [0.1, 0.15) is 56.6 Å². The van der Waals surface area contributed by atoms with E-state index in [1.54, 1.807) is 45.0 Å². The molecule has 2 amide bonds. The van der Waals surface area contributed by atoms with E-state index in [0.29, 0.717) is 23.2 Å². The second-order valence-electron chi connectivity index (χ2n) is 9.20. The molecule has 2 N–H and O–H groups in total. The number of nitro groups is 1. The molecule has 1 heterocycles. The number of amides is 2. The number of hydrogen-bond acceptors (Lipinski definition) is 7. The number of ether oxygens (including phenoxy) is 2. The van der Waals surface area contributed by atoms with Crippen LogP contribution in [0.5, 0.6) is 0 Å². The van der Waals surface area contributed by atoms with E-state index in [4.69, 9.17) is 9.72 Å². The molecule has 10 nitrogen and oxygen atoms in total. The van der Waals surface area contributed by atoms with Gasteiger partial charge in [-0.15, -0.1) is 6.58 Å². The van der Waals surface area contributed by atoms with Gasteiger partial charge >= 0.3 is 12.2 Å². The number of aryl methyl sites for hydroxylation is 1. The molecule has 0 bridgehead atoms. The lowest BCUT2D eigenvalue weighted by Gasteiger charge is -2.24. The van der Waals surface area contributed by atoms with Crippen molar-refractivity contribution in [3.63, 3.8) is 0 Å². The number of anilines is 1. The van der Waals surface area contributed by atoms with Crippen LogP contribution in [0, 0.1) is 10.1 Å². The SMILES string of the molecule is C=CC[C@H](NC(=O)OC(C)(C)C)c1cc(-c2ccc(NC(=O)OC)cc2[N+](=O)[O-])c2c(n1)CCC2. The van der Waals surface area contributed by atoms with Gasteiger partial charge in [0.1, 0.15) is 5.60 Å². The molecule has 0 radical (unpaired) electrons. The Labute approximate surface area is 203 Å². The molecular formula is C25H30N4O6. The maximum Gasteiger partial charge on any atom is 0.411 e. The van der Waals surface area contributed by atoms with Crippen molar-refractivity contribution in [2.24, 2.45) is 0 Å². The Bertz CT molecular complexity index is 1160. The number of pyridine rings is 1. The Kier molecular flexibility index (Phi) is 7.73. The summed E-state index contributed by atoms with van der Waals surface area (Å²) in [5.74, 6) is 0. The zero-order valence-electron chi connectivity index (χ0n) is 20.3. The van der Waals surface area contributed by atoms with Crippen molar-refractivity contribution in [1.29, 1.82) is 0 Å². The number of alkyl carbamates (subject to hydrolysis) is 1. The molecule has 3 rings (SSSR count). The van der Waals surface area contributed by atoms with E-state index in [0.717, 1.165) is 30.5 Å². The first-order chi connectivity index (χ1) is 16.5. The quantitative estimate of drug-likeness (QED) is 0.304. The van der Waals surface area contributed by atoms with Gasteiger partial charge in [0.2, 0.25) is 0 Å². The second-order valence-corrected chi connectivity index (χ2v) is 9.20. The van der Waals surface area contributed by atoms with Gasteiger partial charge in [-0.25, -0.2) is 9.59 Å². The number of nitro benzene ring substituents is 1. The summed E-state index contributed by atoms with van der Waals surface area (Å²) < 4.78 is 9.98. The van der Waals surface area contributed by atoms with Crippen LogP contribution >= 0.6 is 0 Å². The van der Waals surface area contributed by atoms with Crippen molar-refractivity contribution in [1.82, 2.24) is 10.3 Å². The number of hydrogen-bond donors (Lipinski definition) is 2. The van der Waals surface area contributed by atoms with Crippen LogP contribution in [0.3, 0.4) is 0 Å². The minimum Gasteiger partial charge on any atom is -0.453 e. The first kappa shape index (κ1) is 25.7. The summed E-state index contributed by atoms with van der Waals surface area (Å²) in [5.41, 5.74) is 2.86. The number of fused-ring (bicyclic) bond motifs is 1. The van der Waals surface area contributed by atoms with Gasteiger partial charge in [0.05, 0.1) is 35.0 Å². The molecular weight excluding hydrogens is 452 g/mol. The van der Waals surface area contributed by atoms with Gasteiger partial charge in [-0.05, 0) is 75.8 Å². The topological polar surface area (TPSA) is 133 Å². The van der Waals surface area contributed by atoms with Crippen molar-refractivity contribution in [2.45, 2.75) is 58.1 Å². The molecule has 186 valence electrons. The Morgan fingerprint density at radius 3 is 2.60 bits per heavy atom. The second kappa shape index (κ2) is 10.5. The van der Waals surface area contributed by atoms with Crippen LogP contribution in [-0.4, -0.2) is 34.8 Å². The molecule has 1 aromatic carbocycles. The summed E-state index contributed by atoms with van der Waals surface area (Å²) in [6.07, 6.45) is 3.11. The maximum absolute atomic E-state index is 12.5. The van der Waals surface area contributed by atoms with Gasteiger partial charge in [0, 0.05) is 11.8 Å². The maximum atomic E-state index is 12.5. The number of methoxy groups -OCH3 is 1. The van der Waals surface area contributed by atoms with Gasteiger partial charge in [-0.2, -0.15) is 0 Å². The lowest BCUT2D eigenvalue weighted by Crippen LogP contribution is -2.35. The fraction of sp³-hybridized carbons (Fsp3) is 0.400. The number of carbonyl (C=O) groups excluding carboxylic acids is 2. The summed E-state index contributed by atoms with van der Waals surface area (Å²) in [4.78, 5) is 40.3. The van der Waals surface area contributed by atoms with Crippen LogP contribution in [0.2, 0.25) is 0 Å². The zero-order chi connectivity index (χ0) is 25.8. The average Bonchev–Trinajstić information content (AvgIpc) is 3.25. The molecule has 1 aliphatic carbocycles. The molecule has 2 aromatic rings. The van der Waals surface area contributed by atoms with Gasteiger partial charge in [0.15, 0.2) is 0 Å². The third-order valence-electron chi connectivity index (χ3n) is 5.44. The van der Waals surface area contributed by atoms with Gasteiger partial charge < -0.3 is 14.8 Å². The summed E-state index contributed by atoms with van der Waals surface area (Å²) in [5, 5.41) is 17.3. The molecule has 1 aliphatic rings. The van der Waals surface area contributed by atoms with E-state index in [-0.39, 0.29) is 11.4 Å². The van der Waals surface area contributed by atoms with E-state index in [1.807, 2.05) is 0 Å². The molecule has 0 saturated carbocycles. The molecule has 0 aliphatic heterocycles. The van der Waals surface area contributed by atoms with Crippen LogP contribution in [-0.2, 0) is 22.3 Å². The average molecular weight is 483 g/mol. The monoisotopic (exact) mass is 482 g/mol. The molecule has 0 saturated heterocycles. The number of benzene rings is 1. The largest absolute Gasteiger partial charge is 0.453 e. The van der Waals surface area contributed by atoms with E-state index in [2.05, 4.69) is 21.9 Å².